The van der Waals surface area contributed by atoms with Crippen LogP contribution >= 0.6 is 15.9 Å². The van der Waals surface area contributed by atoms with E-state index in [0.717, 1.165) is 35.8 Å². The van der Waals surface area contributed by atoms with Crippen LogP contribution in [0.4, 0.5) is 0 Å². The van der Waals surface area contributed by atoms with Crippen molar-refractivity contribution in [2.45, 2.75) is 32.7 Å². The van der Waals surface area contributed by atoms with Gasteiger partial charge in [-0.15, -0.1) is 0 Å². The second kappa shape index (κ2) is 6.57. The Morgan fingerprint density at radius 1 is 1.05 bits per heavy atom. The van der Waals surface area contributed by atoms with Crippen LogP contribution in [-0.4, -0.2) is 9.67 Å². The molecule has 0 aliphatic rings. The topological polar surface area (TPSA) is 25.2 Å². The first-order valence-electron chi connectivity index (χ1n) is 7.73. The molecule has 0 spiro atoms. The van der Waals surface area contributed by atoms with Crippen LogP contribution < -0.4 is 0 Å². The van der Waals surface area contributed by atoms with Gasteiger partial charge in [0.1, 0.15) is 5.75 Å². The van der Waals surface area contributed by atoms with Crippen LogP contribution in [-0.2, 0) is 13.0 Å². The molecule has 0 radical (unpaired) electrons. The Balaban J connectivity index is 2.01. The minimum atomic E-state index is 0.332. The molecule has 3 heteroatoms. The predicted octanol–water partition coefficient (Wildman–Crippen LogP) is 5.50. The Labute approximate surface area is 139 Å². The van der Waals surface area contributed by atoms with Gasteiger partial charge < -0.3 is 9.67 Å². The first-order valence-corrected chi connectivity index (χ1v) is 8.52. The fourth-order valence-electron chi connectivity index (χ4n) is 2.84. The third-order valence-corrected chi connectivity index (χ3v) is 4.54. The third-order valence-electron chi connectivity index (χ3n) is 4.01. The van der Waals surface area contributed by atoms with Gasteiger partial charge >= 0.3 is 0 Å². The number of aromatic nitrogens is 1. The summed E-state index contributed by atoms with van der Waals surface area (Å²) in [6.45, 7) is 3.20. The zero-order chi connectivity index (χ0) is 15.5. The van der Waals surface area contributed by atoms with Crippen molar-refractivity contribution in [2.24, 2.45) is 0 Å². The summed E-state index contributed by atoms with van der Waals surface area (Å²) in [5.74, 6) is 0.332. The molecule has 1 aromatic heterocycles. The summed E-state index contributed by atoms with van der Waals surface area (Å²) < 4.78 is 3.45. The van der Waals surface area contributed by atoms with Gasteiger partial charge in [-0.1, -0.05) is 41.4 Å². The van der Waals surface area contributed by atoms with Crippen LogP contribution in [0, 0.1) is 0 Å². The Morgan fingerprint density at radius 2 is 1.82 bits per heavy atom. The number of aryl methyl sites for hydroxylation is 1. The van der Waals surface area contributed by atoms with Crippen molar-refractivity contribution in [3.63, 3.8) is 0 Å². The van der Waals surface area contributed by atoms with Crippen molar-refractivity contribution >= 4 is 26.8 Å². The van der Waals surface area contributed by atoms with Crippen LogP contribution in [0.25, 0.3) is 10.9 Å². The van der Waals surface area contributed by atoms with E-state index < -0.39 is 0 Å². The van der Waals surface area contributed by atoms with Gasteiger partial charge in [-0.2, -0.15) is 0 Å². The second-order valence-corrected chi connectivity index (χ2v) is 6.60. The maximum Gasteiger partial charge on any atom is 0.117 e. The van der Waals surface area contributed by atoms with Crippen molar-refractivity contribution in [2.75, 3.05) is 0 Å². The summed E-state index contributed by atoms with van der Waals surface area (Å²) in [6.07, 6.45) is 3.22. The number of rotatable bonds is 5. The number of phenolic OH excluding ortho intramolecular Hbond substituents is 1. The molecule has 2 aromatic carbocycles. The second-order valence-electron chi connectivity index (χ2n) is 5.69. The Morgan fingerprint density at radius 3 is 2.55 bits per heavy atom. The molecule has 1 heterocycles. The Hall–Kier alpha value is -1.74. The molecule has 0 aliphatic carbocycles. The van der Waals surface area contributed by atoms with E-state index in [1.807, 2.05) is 12.1 Å². The highest BCUT2D eigenvalue weighted by Gasteiger charge is 2.10. The van der Waals surface area contributed by atoms with Crippen molar-refractivity contribution in [1.29, 1.82) is 0 Å². The number of fused-ring (bicyclic) bond motifs is 1. The number of aromatic hydroxyl groups is 1. The van der Waals surface area contributed by atoms with Crippen LogP contribution in [0.2, 0.25) is 0 Å². The molecule has 3 rings (SSSR count). The highest BCUT2D eigenvalue weighted by Crippen LogP contribution is 2.26. The van der Waals surface area contributed by atoms with Gasteiger partial charge in [-0.25, -0.2) is 0 Å². The molecule has 2 nitrogen and oxygen atoms in total. The average Bonchev–Trinajstić information content (AvgIpc) is 2.84. The minimum Gasteiger partial charge on any atom is -0.508 e. The molecule has 0 atom stereocenters. The molecule has 0 unspecified atom stereocenters. The van der Waals surface area contributed by atoms with E-state index in [1.165, 1.54) is 16.6 Å². The predicted molar refractivity (Wildman–Crippen MR) is 95.5 cm³/mol. The lowest BCUT2D eigenvalue weighted by Gasteiger charge is -2.11. The molecule has 22 heavy (non-hydrogen) atoms. The van der Waals surface area contributed by atoms with Crippen molar-refractivity contribution in [1.82, 2.24) is 4.57 Å². The van der Waals surface area contributed by atoms with E-state index in [0.29, 0.717) is 5.75 Å². The molecule has 0 saturated carbocycles. The lowest BCUT2D eigenvalue weighted by molar-refractivity contribution is 0.475. The molecule has 0 bridgehead atoms. The SMILES string of the molecule is CCCCn1c(Cc2ccc(Br)cc2)cc2ccc(O)cc21. The molecular formula is C19H20BrNO. The Bertz CT molecular complexity index is 774. The summed E-state index contributed by atoms with van der Waals surface area (Å²) >= 11 is 3.48. The molecular weight excluding hydrogens is 338 g/mol. The average molecular weight is 358 g/mol. The van der Waals surface area contributed by atoms with E-state index in [2.05, 4.69) is 57.8 Å². The van der Waals surface area contributed by atoms with Crippen molar-refractivity contribution in [3.8, 4) is 5.75 Å². The van der Waals surface area contributed by atoms with Gasteiger partial charge in [0.25, 0.3) is 0 Å². The van der Waals surface area contributed by atoms with Crippen LogP contribution in [0.15, 0.2) is 53.0 Å². The summed E-state index contributed by atoms with van der Waals surface area (Å²) in [4.78, 5) is 0. The number of hydrogen-bond donors (Lipinski definition) is 1. The molecule has 114 valence electrons. The fourth-order valence-corrected chi connectivity index (χ4v) is 3.10. The summed E-state index contributed by atoms with van der Waals surface area (Å²) in [7, 11) is 0. The maximum atomic E-state index is 9.79. The summed E-state index contributed by atoms with van der Waals surface area (Å²) in [5.41, 5.74) is 3.73. The zero-order valence-corrected chi connectivity index (χ0v) is 14.3. The normalized spacial score (nSPS) is 11.2. The molecule has 0 fully saturated rings. The monoisotopic (exact) mass is 357 g/mol. The molecule has 0 amide bonds. The first kappa shape index (κ1) is 15.2. The third kappa shape index (κ3) is 3.20. The smallest absolute Gasteiger partial charge is 0.117 e. The zero-order valence-electron chi connectivity index (χ0n) is 12.7. The fraction of sp³-hybridized carbons (Fsp3) is 0.263. The van der Waals surface area contributed by atoms with E-state index in [4.69, 9.17) is 0 Å². The van der Waals surface area contributed by atoms with E-state index in [9.17, 15) is 5.11 Å². The summed E-state index contributed by atoms with van der Waals surface area (Å²) in [6, 6.07) is 16.4. The number of nitrogens with zero attached hydrogens (tertiary/aromatic N) is 1. The number of hydrogen-bond acceptors (Lipinski definition) is 1. The molecule has 3 aromatic rings. The van der Waals surface area contributed by atoms with E-state index in [1.54, 1.807) is 6.07 Å². The van der Waals surface area contributed by atoms with Crippen molar-refractivity contribution in [3.05, 3.63) is 64.3 Å². The minimum absolute atomic E-state index is 0.332. The Kier molecular flexibility index (Phi) is 4.53. The largest absolute Gasteiger partial charge is 0.508 e. The van der Waals surface area contributed by atoms with Crippen molar-refractivity contribution < 1.29 is 5.11 Å². The molecule has 1 N–H and O–H groups in total. The standard InChI is InChI=1S/C19H20BrNO/c1-2-3-10-21-17(11-14-4-7-16(20)8-5-14)12-15-6-9-18(22)13-19(15)21/h4-9,12-13,22H,2-3,10-11H2,1H3. The van der Waals surface area contributed by atoms with Gasteiger partial charge in [0.2, 0.25) is 0 Å². The van der Waals surface area contributed by atoms with Gasteiger partial charge in [0.15, 0.2) is 0 Å². The lowest BCUT2D eigenvalue weighted by Crippen LogP contribution is -2.03. The lowest BCUT2D eigenvalue weighted by atomic mass is 10.1. The molecule has 0 aliphatic heterocycles. The molecule has 0 saturated heterocycles. The van der Waals surface area contributed by atoms with Crippen LogP contribution in [0.1, 0.15) is 31.0 Å². The highest BCUT2D eigenvalue weighted by molar-refractivity contribution is 9.10. The van der Waals surface area contributed by atoms with E-state index >= 15 is 0 Å². The summed E-state index contributed by atoms with van der Waals surface area (Å²) in [5, 5.41) is 11.0. The van der Waals surface area contributed by atoms with Gasteiger partial charge in [-0.3, -0.25) is 0 Å². The number of halogens is 1. The first-order chi connectivity index (χ1) is 10.7. The number of phenols is 1. The van der Waals surface area contributed by atoms with Gasteiger partial charge in [0, 0.05) is 34.6 Å². The van der Waals surface area contributed by atoms with Crippen LogP contribution in [0.5, 0.6) is 5.75 Å². The van der Waals surface area contributed by atoms with Crippen LogP contribution in [0.3, 0.4) is 0 Å². The number of unbranched alkanes of at least 4 members (excludes halogenated alkanes) is 1. The van der Waals surface area contributed by atoms with E-state index in [-0.39, 0.29) is 0 Å². The maximum absolute atomic E-state index is 9.79. The van der Waals surface area contributed by atoms with Gasteiger partial charge in [0.05, 0.1) is 5.52 Å². The quantitative estimate of drug-likeness (QED) is 0.640. The van der Waals surface area contributed by atoms with Gasteiger partial charge in [-0.05, 0) is 42.3 Å². The highest BCUT2D eigenvalue weighted by atomic mass is 79.9. The number of benzene rings is 2.